The number of rotatable bonds is 0. The van der Waals surface area contributed by atoms with E-state index in [2.05, 4.69) is 6.92 Å². The summed E-state index contributed by atoms with van der Waals surface area (Å²) in [5.41, 5.74) is 1.99. The highest BCUT2D eigenvalue weighted by molar-refractivity contribution is 6.30. The van der Waals surface area contributed by atoms with Gasteiger partial charge < -0.3 is 5.11 Å². The zero-order valence-electron chi connectivity index (χ0n) is 10.5. The Labute approximate surface area is 108 Å². The normalized spacial score (nSPS) is 50.6. The average Bonchev–Trinajstić information content (AvgIpc) is 3.07. The van der Waals surface area contributed by atoms with Gasteiger partial charge in [0, 0.05) is 5.03 Å². The highest BCUT2D eigenvalue weighted by Gasteiger charge is 2.66. The molecule has 17 heavy (non-hydrogen) atoms. The monoisotopic (exact) mass is 252 g/mol. The van der Waals surface area contributed by atoms with Crippen molar-refractivity contribution in [1.82, 2.24) is 0 Å². The summed E-state index contributed by atoms with van der Waals surface area (Å²) in [4.78, 5) is 0. The lowest BCUT2D eigenvalue weighted by atomic mass is 9.49. The van der Waals surface area contributed by atoms with E-state index in [1.165, 1.54) is 37.7 Å². The Balaban J connectivity index is 1.87. The summed E-state index contributed by atoms with van der Waals surface area (Å²) in [6, 6.07) is 0. The van der Waals surface area contributed by atoms with Crippen molar-refractivity contribution < 1.29 is 5.11 Å². The van der Waals surface area contributed by atoms with Crippen molar-refractivity contribution in [1.29, 1.82) is 0 Å². The maximum atomic E-state index is 10.6. The first-order valence-corrected chi connectivity index (χ1v) is 7.56. The molecule has 4 aliphatic carbocycles. The van der Waals surface area contributed by atoms with Gasteiger partial charge in [-0.2, -0.15) is 0 Å². The minimum Gasteiger partial charge on any atom is -0.393 e. The van der Waals surface area contributed by atoms with Crippen molar-refractivity contribution >= 4 is 11.6 Å². The van der Waals surface area contributed by atoms with Crippen LogP contribution in [0, 0.1) is 29.1 Å². The molecule has 94 valence electrons. The Morgan fingerprint density at radius 3 is 2.65 bits per heavy atom. The largest absolute Gasteiger partial charge is 0.393 e. The van der Waals surface area contributed by atoms with E-state index in [0.717, 1.165) is 11.5 Å². The van der Waals surface area contributed by atoms with Crippen molar-refractivity contribution in [2.45, 2.75) is 51.6 Å². The number of fused-ring (bicyclic) bond motifs is 4. The van der Waals surface area contributed by atoms with Gasteiger partial charge in [-0.25, -0.2) is 0 Å². The lowest BCUT2D eigenvalue weighted by Crippen LogP contribution is -2.54. The Hall–Kier alpha value is -0.0100. The third-order valence-corrected chi connectivity index (χ3v) is 6.83. The fourth-order valence-electron chi connectivity index (χ4n) is 5.59. The number of allylic oxidation sites excluding steroid dienone is 2. The van der Waals surface area contributed by atoms with E-state index < -0.39 is 0 Å². The van der Waals surface area contributed by atoms with Crippen LogP contribution in [0.5, 0.6) is 0 Å². The molecule has 0 aromatic rings. The zero-order valence-corrected chi connectivity index (χ0v) is 11.2. The fourth-order valence-corrected chi connectivity index (χ4v) is 5.87. The van der Waals surface area contributed by atoms with E-state index in [1.807, 2.05) is 0 Å². The smallest absolute Gasteiger partial charge is 0.0605 e. The van der Waals surface area contributed by atoms with Crippen LogP contribution in [0.2, 0.25) is 0 Å². The lowest BCUT2D eigenvalue weighted by molar-refractivity contribution is -0.112. The molecule has 5 unspecified atom stereocenters. The van der Waals surface area contributed by atoms with E-state index in [0.29, 0.717) is 29.1 Å². The van der Waals surface area contributed by atoms with Gasteiger partial charge in [0.05, 0.1) is 6.10 Å². The Morgan fingerprint density at radius 2 is 1.94 bits per heavy atom. The molecule has 0 heterocycles. The number of hydrogen-bond donors (Lipinski definition) is 1. The molecule has 0 saturated heterocycles. The van der Waals surface area contributed by atoms with E-state index >= 15 is 0 Å². The molecular weight excluding hydrogens is 232 g/mol. The minimum absolute atomic E-state index is 0.0373. The van der Waals surface area contributed by atoms with Crippen LogP contribution in [0.1, 0.15) is 45.4 Å². The van der Waals surface area contributed by atoms with E-state index in [1.54, 1.807) is 0 Å². The second-order valence-corrected chi connectivity index (χ2v) is 7.31. The molecular formula is C15H21ClO. The maximum Gasteiger partial charge on any atom is 0.0605 e. The van der Waals surface area contributed by atoms with Crippen LogP contribution in [-0.2, 0) is 0 Å². The van der Waals surface area contributed by atoms with Gasteiger partial charge in [0.1, 0.15) is 0 Å². The van der Waals surface area contributed by atoms with Crippen LogP contribution in [-0.4, -0.2) is 11.2 Å². The summed E-state index contributed by atoms with van der Waals surface area (Å²) in [5.74, 6) is 2.37. The molecule has 4 aliphatic rings. The predicted molar refractivity (Wildman–Crippen MR) is 68.7 cm³/mol. The van der Waals surface area contributed by atoms with Crippen LogP contribution < -0.4 is 0 Å². The van der Waals surface area contributed by atoms with Crippen LogP contribution in [0.15, 0.2) is 10.6 Å². The van der Waals surface area contributed by atoms with Crippen LogP contribution in [0.3, 0.4) is 0 Å². The third-order valence-electron chi connectivity index (χ3n) is 6.38. The quantitative estimate of drug-likeness (QED) is 0.697. The number of aliphatic hydroxyl groups is 1. The summed E-state index contributed by atoms with van der Waals surface area (Å²) in [6.07, 6.45) is 7.58. The lowest BCUT2D eigenvalue weighted by Gasteiger charge is -2.57. The number of halogens is 1. The Morgan fingerprint density at radius 1 is 1.24 bits per heavy atom. The standard InChI is InChI=1S/C15H21ClO/c1-8-12(16)7-11-9-3-2-4-10(14(9)17)13(8)15(11)5-6-15/h9-11,13-14,17H,2-7H2,1H3. The van der Waals surface area contributed by atoms with Crippen molar-refractivity contribution in [3.05, 3.63) is 10.6 Å². The summed E-state index contributed by atoms with van der Waals surface area (Å²) in [5, 5.41) is 11.7. The Bertz CT molecular complexity index is 396. The molecule has 1 N–H and O–H groups in total. The summed E-state index contributed by atoms with van der Waals surface area (Å²) < 4.78 is 0. The average molecular weight is 253 g/mol. The summed E-state index contributed by atoms with van der Waals surface area (Å²) in [7, 11) is 0. The summed E-state index contributed by atoms with van der Waals surface area (Å²) >= 11 is 6.48. The third kappa shape index (κ3) is 1.20. The van der Waals surface area contributed by atoms with Crippen molar-refractivity contribution in [3.8, 4) is 0 Å². The van der Waals surface area contributed by atoms with Gasteiger partial charge in [0.15, 0.2) is 0 Å². The molecule has 0 amide bonds. The SMILES string of the molecule is CC1=C(Cl)CC2C3CCCC(C3O)C1C21CC1. The van der Waals surface area contributed by atoms with Crippen LogP contribution in [0.4, 0.5) is 0 Å². The van der Waals surface area contributed by atoms with Crippen molar-refractivity contribution in [2.24, 2.45) is 29.1 Å². The molecule has 1 nitrogen and oxygen atoms in total. The first kappa shape index (κ1) is 10.9. The van der Waals surface area contributed by atoms with Crippen LogP contribution in [0.25, 0.3) is 0 Å². The van der Waals surface area contributed by atoms with E-state index in [-0.39, 0.29) is 6.10 Å². The maximum absolute atomic E-state index is 10.6. The minimum atomic E-state index is -0.0373. The first-order valence-electron chi connectivity index (χ1n) is 7.18. The molecule has 4 bridgehead atoms. The zero-order chi connectivity index (χ0) is 11.8. The van der Waals surface area contributed by atoms with Gasteiger partial charge >= 0.3 is 0 Å². The first-order chi connectivity index (χ1) is 8.15. The Kier molecular flexibility index (Phi) is 2.11. The fraction of sp³-hybridized carbons (Fsp3) is 0.867. The molecule has 3 fully saturated rings. The molecule has 0 radical (unpaired) electrons. The molecule has 5 atom stereocenters. The number of hydrogen-bond acceptors (Lipinski definition) is 1. The predicted octanol–water partition coefficient (Wildman–Crippen LogP) is 3.71. The van der Waals surface area contributed by atoms with Crippen LogP contribution >= 0.6 is 11.6 Å². The van der Waals surface area contributed by atoms with Crippen molar-refractivity contribution in [3.63, 3.8) is 0 Å². The van der Waals surface area contributed by atoms with E-state index in [4.69, 9.17) is 11.6 Å². The molecule has 0 aromatic carbocycles. The second kappa shape index (κ2) is 3.30. The highest BCUT2D eigenvalue weighted by atomic mass is 35.5. The number of aliphatic hydroxyl groups excluding tert-OH is 1. The van der Waals surface area contributed by atoms with Gasteiger partial charge in [0.25, 0.3) is 0 Å². The van der Waals surface area contributed by atoms with E-state index in [9.17, 15) is 5.11 Å². The van der Waals surface area contributed by atoms with Gasteiger partial charge in [-0.3, -0.25) is 0 Å². The van der Waals surface area contributed by atoms with Gasteiger partial charge in [-0.05, 0) is 68.1 Å². The summed E-state index contributed by atoms with van der Waals surface area (Å²) in [6.45, 7) is 2.23. The van der Waals surface area contributed by atoms with Gasteiger partial charge in [-0.15, -0.1) is 0 Å². The van der Waals surface area contributed by atoms with Gasteiger partial charge in [-0.1, -0.05) is 23.6 Å². The molecule has 2 heteroatoms. The molecule has 3 saturated carbocycles. The highest BCUT2D eigenvalue weighted by Crippen LogP contribution is 2.72. The molecule has 4 rings (SSSR count). The molecule has 1 spiro atoms. The van der Waals surface area contributed by atoms with Gasteiger partial charge in [0.2, 0.25) is 0 Å². The molecule has 0 aliphatic heterocycles. The molecule has 0 aromatic heterocycles. The topological polar surface area (TPSA) is 20.2 Å². The second-order valence-electron chi connectivity index (χ2n) is 6.86. The van der Waals surface area contributed by atoms with Crippen molar-refractivity contribution in [2.75, 3.05) is 0 Å².